The van der Waals surface area contributed by atoms with Crippen molar-refractivity contribution in [3.63, 3.8) is 0 Å². The summed E-state index contributed by atoms with van der Waals surface area (Å²) in [4.78, 5) is 28.6. The summed E-state index contributed by atoms with van der Waals surface area (Å²) in [7, 11) is 0. The van der Waals surface area contributed by atoms with Gasteiger partial charge in [0.05, 0.1) is 5.56 Å². The van der Waals surface area contributed by atoms with Crippen LogP contribution in [0.2, 0.25) is 0 Å². The predicted octanol–water partition coefficient (Wildman–Crippen LogP) is 3.27. The predicted molar refractivity (Wildman–Crippen MR) is 98.8 cm³/mol. The molecule has 5 nitrogen and oxygen atoms in total. The number of hydrogen-bond acceptors (Lipinski definition) is 5. The lowest BCUT2D eigenvalue weighted by molar-refractivity contribution is -0.129. The molecule has 2 aromatic rings. The van der Waals surface area contributed by atoms with Gasteiger partial charge in [0.25, 0.3) is 5.91 Å². The number of carbonyl (C=O) groups is 2. The molecule has 1 N–H and O–H groups in total. The first kappa shape index (κ1) is 19.0. The average Bonchev–Trinajstić information content (AvgIpc) is 2.66. The lowest BCUT2D eigenvalue weighted by Gasteiger charge is -2.17. The standard InChI is InChI=1S/C19H22N2O3S/c1-13(15-8-5-4-6-9-15)12-21-17(22)14(2)24-19(23)16-10-7-11-20-18(16)25-3/h4-11,13-14H,12H2,1-3H3,(H,21,22)/t13-,14-/m1/s1. The Bertz CT molecular complexity index is 722. The van der Waals surface area contributed by atoms with Crippen LogP contribution in [-0.4, -0.2) is 35.8 Å². The number of aromatic nitrogens is 1. The van der Waals surface area contributed by atoms with Gasteiger partial charge < -0.3 is 10.1 Å². The van der Waals surface area contributed by atoms with Gasteiger partial charge in [-0.1, -0.05) is 37.3 Å². The zero-order chi connectivity index (χ0) is 18.2. The van der Waals surface area contributed by atoms with Crippen LogP contribution in [0.3, 0.4) is 0 Å². The Labute approximate surface area is 152 Å². The van der Waals surface area contributed by atoms with Gasteiger partial charge in [-0.15, -0.1) is 11.8 Å². The van der Waals surface area contributed by atoms with Crippen molar-refractivity contribution in [3.05, 3.63) is 59.8 Å². The number of carbonyl (C=O) groups excluding carboxylic acids is 2. The van der Waals surface area contributed by atoms with E-state index < -0.39 is 12.1 Å². The molecule has 0 saturated heterocycles. The van der Waals surface area contributed by atoms with Crippen molar-refractivity contribution in [3.8, 4) is 0 Å². The van der Waals surface area contributed by atoms with Crippen molar-refractivity contribution in [2.24, 2.45) is 0 Å². The van der Waals surface area contributed by atoms with Crippen molar-refractivity contribution >= 4 is 23.6 Å². The third-order valence-electron chi connectivity index (χ3n) is 3.79. The molecule has 2 rings (SSSR count). The zero-order valence-electron chi connectivity index (χ0n) is 14.6. The first-order valence-electron chi connectivity index (χ1n) is 8.05. The monoisotopic (exact) mass is 358 g/mol. The fourth-order valence-electron chi connectivity index (χ4n) is 2.28. The molecule has 0 unspecified atom stereocenters. The van der Waals surface area contributed by atoms with Gasteiger partial charge in [-0.05, 0) is 36.8 Å². The fraction of sp³-hybridized carbons (Fsp3) is 0.316. The van der Waals surface area contributed by atoms with Crippen LogP contribution in [0.1, 0.15) is 35.7 Å². The maximum Gasteiger partial charge on any atom is 0.341 e. The van der Waals surface area contributed by atoms with E-state index in [1.54, 1.807) is 25.3 Å². The van der Waals surface area contributed by atoms with Crippen molar-refractivity contribution in [2.75, 3.05) is 12.8 Å². The largest absolute Gasteiger partial charge is 0.449 e. The number of esters is 1. The quantitative estimate of drug-likeness (QED) is 0.608. The van der Waals surface area contributed by atoms with Crippen LogP contribution < -0.4 is 5.32 Å². The molecule has 1 amide bonds. The molecule has 0 aliphatic heterocycles. The number of pyridine rings is 1. The van der Waals surface area contributed by atoms with Gasteiger partial charge in [-0.3, -0.25) is 4.79 Å². The van der Waals surface area contributed by atoms with Crippen LogP contribution in [0.25, 0.3) is 0 Å². The highest BCUT2D eigenvalue weighted by molar-refractivity contribution is 7.98. The summed E-state index contributed by atoms with van der Waals surface area (Å²) in [6, 6.07) is 13.2. The van der Waals surface area contributed by atoms with Crippen molar-refractivity contribution < 1.29 is 14.3 Å². The Morgan fingerprint density at radius 2 is 1.88 bits per heavy atom. The molecular formula is C19H22N2O3S. The van der Waals surface area contributed by atoms with Crippen molar-refractivity contribution in [1.82, 2.24) is 10.3 Å². The lowest BCUT2D eigenvalue weighted by atomic mass is 10.0. The van der Waals surface area contributed by atoms with Crippen molar-refractivity contribution in [1.29, 1.82) is 0 Å². The van der Waals surface area contributed by atoms with E-state index in [0.29, 0.717) is 17.1 Å². The lowest BCUT2D eigenvalue weighted by Crippen LogP contribution is -2.37. The third kappa shape index (κ3) is 5.32. The molecule has 0 bridgehead atoms. The first-order valence-corrected chi connectivity index (χ1v) is 9.28. The molecule has 0 spiro atoms. The molecule has 0 radical (unpaired) electrons. The summed E-state index contributed by atoms with van der Waals surface area (Å²) in [5.74, 6) is -0.684. The molecule has 1 aromatic carbocycles. The molecule has 1 heterocycles. The Kier molecular flexibility index (Phi) is 7.01. The molecule has 1 aromatic heterocycles. The maximum atomic E-state index is 12.2. The molecule has 25 heavy (non-hydrogen) atoms. The van der Waals surface area contributed by atoms with Crippen LogP contribution in [0.5, 0.6) is 0 Å². The van der Waals surface area contributed by atoms with Crippen LogP contribution in [-0.2, 0) is 9.53 Å². The Hall–Kier alpha value is -2.34. The Morgan fingerprint density at radius 1 is 1.16 bits per heavy atom. The number of nitrogens with zero attached hydrogens (tertiary/aromatic N) is 1. The third-order valence-corrected chi connectivity index (χ3v) is 4.50. The summed E-state index contributed by atoms with van der Waals surface area (Å²) < 4.78 is 5.27. The minimum atomic E-state index is -0.870. The highest BCUT2D eigenvalue weighted by Crippen LogP contribution is 2.18. The van der Waals surface area contributed by atoms with E-state index in [4.69, 9.17) is 4.74 Å². The van der Waals surface area contributed by atoms with Crippen LogP contribution in [0.4, 0.5) is 0 Å². The number of nitrogens with one attached hydrogen (secondary N) is 1. The molecule has 0 fully saturated rings. The second-order valence-corrected chi connectivity index (χ2v) is 6.46. The highest BCUT2D eigenvalue weighted by Gasteiger charge is 2.21. The molecule has 6 heteroatoms. The normalized spacial score (nSPS) is 12.9. The minimum absolute atomic E-state index is 0.175. The summed E-state index contributed by atoms with van der Waals surface area (Å²) in [5, 5.41) is 3.41. The van der Waals surface area contributed by atoms with Gasteiger partial charge in [0.2, 0.25) is 0 Å². The number of hydrogen-bond donors (Lipinski definition) is 1. The maximum absolute atomic E-state index is 12.2. The van der Waals surface area contributed by atoms with Gasteiger partial charge in [0.15, 0.2) is 6.10 Å². The topological polar surface area (TPSA) is 68.3 Å². The number of thioether (sulfide) groups is 1. The van der Waals surface area contributed by atoms with Crippen LogP contribution in [0, 0.1) is 0 Å². The first-order chi connectivity index (χ1) is 12.0. The average molecular weight is 358 g/mol. The minimum Gasteiger partial charge on any atom is -0.449 e. The second kappa shape index (κ2) is 9.22. The molecule has 0 aliphatic rings. The van der Waals surface area contributed by atoms with E-state index in [0.717, 1.165) is 5.56 Å². The van der Waals surface area contributed by atoms with Gasteiger partial charge in [-0.25, -0.2) is 9.78 Å². The van der Waals surface area contributed by atoms with E-state index in [1.807, 2.05) is 43.5 Å². The number of ether oxygens (including phenoxy) is 1. The summed E-state index contributed by atoms with van der Waals surface area (Å²) >= 11 is 1.36. The van der Waals surface area contributed by atoms with E-state index in [-0.39, 0.29) is 11.8 Å². The molecule has 2 atom stereocenters. The molecule has 0 saturated carbocycles. The summed E-state index contributed by atoms with van der Waals surface area (Å²) in [5.41, 5.74) is 1.51. The van der Waals surface area contributed by atoms with Crippen LogP contribution >= 0.6 is 11.8 Å². The van der Waals surface area contributed by atoms with E-state index in [9.17, 15) is 9.59 Å². The Balaban J connectivity index is 1.88. The smallest absolute Gasteiger partial charge is 0.341 e. The number of rotatable bonds is 7. The van der Waals surface area contributed by atoms with Gasteiger partial charge in [0.1, 0.15) is 5.03 Å². The van der Waals surface area contributed by atoms with E-state index in [2.05, 4.69) is 10.3 Å². The van der Waals surface area contributed by atoms with E-state index in [1.165, 1.54) is 11.8 Å². The summed E-state index contributed by atoms with van der Waals surface area (Å²) in [6.07, 6.45) is 2.58. The number of amides is 1. The fourth-order valence-corrected chi connectivity index (χ4v) is 2.82. The summed E-state index contributed by atoms with van der Waals surface area (Å²) in [6.45, 7) is 4.08. The Morgan fingerprint density at radius 3 is 2.56 bits per heavy atom. The van der Waals surface area contributed by atoms with Crippen LogP contribution in [0.15, 0.2) is 53.7 Å². The number of benzene rings is 1. The van der Waals surface area contributed by atoms with Crippen molar-refractivity contribution in [2.45, 2.75) is 30.9 Å². The molecule has 0 aliphatic carbocycles. The SMILES string of the molecule is CSc1ncccc1C(=O)O[C@H](C)C(=O)NC[C@@H](C)c1ccccc1. The molecular weight excluding hydrogens is 336 g/mol. The second-order valence-electron chi connectivity index (χ2n) is 5.66. The van der Waals surface area contributed by atoms with Gasteiger partial charge in [0, 0.05) is 12.7 Å². The molecule has 132 valence electrons. The van der Waals surface area contributed by atoms with E-state index >= 15 is 0 Å². The van der Waals surface area contributed by atoms with Gasteiger partial charge >= 0.3 is 5.97 Å². The van der Waals surface area contributed by atoms with Gasteiger partial charge in [-0.2, -0.15) is 0 Å². The highest BCUT2D eigenvalue weighted by atomic mass is 32.2. The zero-order valence-corrected chi connectivity index (χ0v) is 15.4.